The van der Waals surface area contributed by atoms with Gasteiger partial charge in [0.15, 0.2) is 0 Å². The van der Waals surface area contributed by atoms with Crippen LogP contribution in [0.15, 0.2) is 18.2 Å². The highest BCUT2D eigenvalue weighted by Crippen LogP contribution is 2.23. The number of piperidine rings is 1. The van der Waals surface area contributed by atoms with Crippen molar-refractivity contribution >= 4 is 5.69 Å². The van der Waals surface area contributed by atoms with E-state index in [0.717, 1.165) is 43.8 Å². The molecule has 1 unspecified atom stereocenters. The van der Waals surface area contributed by atoms with Crippen molar-refractivity contribution in [2.45, 2.75) is 32.4 Å². The lowest BCUT2D eigenvalue weighted by molar-refractivity contribution is 0.0526. The van der Waals surface area contributed by atoms with E-state index in [-0.39, 0.29) is 11.9 Å². The maximum Gasteiger partial charge on any atom is 0.125 e. The molecule has 0 aromatic heterocycles. The summed E-state index contributed by atoms with van der Waals surface area (Å²) in [5.41, 5.74) is 1.95. The fraction of sp³-hybridized carbons (Fsp3) is 0.600. The number of rotatable bonds is 5. The van der Waals surface area contributed by atoms with Gasteiger partial charge in [-0.2, -0.15) is 0 Å². The van der Waals surface area contributed by atoms with Crippen LogP contribution in [0, 0.1) is 5.82 Å². The summed E-state index contributed by atoms with van der Waals surface area (Å²) >= 11 is 0. The van der Waals surface area contributed by atoms with Crippen molar-refractivity contribution < 1.29 is 9.13 Å². The molecule has 1 N–H and O–H groups in total. The minimum atomic E-state index is -0.165. The number of halogens is 1. The van der Waals surface area contributed by atoms with E-state index in [2.05, 4.69) is 16.3 Å². The molecule has 1 saturated heterocycles. The Balaban J connectivity index is 2.11. The molecule has 1 aliphatic rings. The van der Waals surface area contributed by atoms with Crippen LogP contribution in [0.2, 0.25) is 0 Å². The summed E-state index contributed by atoms with van der Waals surface area (Å²) in [6.07, 6.45) is 2.47. The third-order valence-electron chi connectivity index (χ3n) is 3.47. The summed E-state index contributed by atoms with van der Waals surface area (Å²) in [6.45, 7) is 5.29. The van der Waals surface area contributed by atoms with Gasteiger partial charge in [0, 0.05) is 31.9 Å². The molecule has 0 aliphatic carbocycles. The highest BCUT2D eigenvalue weighted by Gasteiger charge is 2.20. The highest BCUT2D eigenvalue weighted by molar-refractivity contribution is 5.49. The second-order valence-electron chi connectivity index (χ2n) is 5.01. The summed E-state index contributed by atoms with van der Waals surface area (Å²) in [7, 11) is 1.87. The van der Waals surface area contributed by atoms with Crippen LogP contribution >= 0.6 is 0 Å². The number of hydrogen-bond donors (Lipinski definition) is 1. The molecule has 0 amide bonds. The Bertz CT molecular complexity index is 409. The van der Waals surface area contributed by atoms with E-state index in [9.17, 15) is 4.39 Å². The topological polar surface area (TPSA) is 24.5 Å². The molecule has 1 heterocycles. The molecule has 0 radical (unpaired) electrons. The Kier molecular flexibility index (Phi) is 5.16. The van der Waals surface area contributed by atoms with Crippen LogP contribution < -0.4 is 10.2 Å². The normalized spacial score (nSPS) is 19.7. The van der Waals surface area contributed by atoms with Crippen LogP contribution in [-0.2, 0) is 11.3 Å². The molecule has 0 saturated carbocycles. The summed E-state index contributed by atoms with van der Waals surface area (Å²) in [5, 5.41) is 3.06. The molecule has 0 spiro atoms. The second kappa shape index (κ2) is 6.87. The van der Waals surface area contributed by atoms with Crippen LogP contribution in [0.5, 0.6) is 0 Å². The molecule has 3 nitrogen and oxygen atoms in total. The number of hydrogen-bond acceptors (Lipinski definition) is 3. The summed E-state index contributed by atoms with van der Waals surface area (Å²) in [5.74, 6) is -0.165. The molecule has 2 rings (SSSR count). The van der Waals surface area contributed by atoms with E-state index in [1.165, 1.54) is 0 Å². The van der Waals surface area contributed by atoms with Gasteiger partial charge in [-0.25, -0.2) is 4.39 Å². The first kappa shape index (κ1) is 14.3. The zero-order valence-corrected chi connectivity index (χ0v) is 11.8. The van der Waals surface area contributed by atoms with Crippen molar-refractivity contribution in [3.05, 3.63) is 29.6 Å². The van der Waals surface area contributed by atoms with Crippen LogP contribution in [0.4, 0.5) is 10.1 Å². The lowest BCUT2D eigenvalue weighted by atomic mass is 10.1. The summed E-state index contributed by atoms with van der Waals surface area (Å²) < 4.78 is 19.4. The van der Waals surface area contributed by atoms with Crippen molar-refractivity contribution in [3.8, 4) is 0 Å². The Morgan fingerprint density at radius 3 is 3.00 bits per heavy atom. The summed E-state index contributed by atoms with van der Waals surface area (Å²) in [6, 6.07) is 5.27. The Hall–Kier alpha value is -1.13. The Morgan fingerprint density at radius 1 is 1.42 bits per heavy atom. The van der Waals surface area contributed by atoms with Gasteiger partial charge in [-0.15, -0.1) is 0 Å². The SMILES string of the molecule is CCOC1CCCN(c2cc(F)cc(CNC)c2)C1. The monoisotopic (exact) mass is 266 g/mol. The van der Waals surface area contributed by atoms with Gasteiger partial charge >= 0.3 is 0 Å². The van der Waals surface area contributed by atoms with E-state index in [1.807, 2.05) is 14.0 Å². The smallest absolute Gasteiger partial charge is 0.125 e. The van der Waals surface area contributed by atoms with Gasteiger partial charge in [0.05, 0.1) is 6.10 Å². The molecule has 106 valence electrons. The van der Waals surface area contributed by atoms with Crippen LogP contribution in [-0.4, -0.2) is 32.8 Å². The van der Waals surface area contributed by atoms with E-state index in [4.69, 9.17) is 4.74 Å². The average Bonchev–Trinajstić information content (AvgIpc) is 2.39. The van der Waals surface area contributed by atoms with Crippen molar-refractivity contribution in [3.63, 3.8) is 0 Å². The third-order valence-corrected chi connectivity index (χ3v) is 3.47. The van der Waals surface area contributed by atoms with E-state index in [0.29, 0.717) is 6.54 Å². The van der Waals surface area contributed by atoms with Gasteiger partial charge < -0.3 is 15.0 Å². The predicted molar refractivity (Wildman–Crippen MR) is 76.0 cm³/mol. The average molecular weight is 266 g/mol. The van der Waals surface area contributed by atoms with E-state index in [1.54, 1.807) is 12.1 Å². The second-order valence-corrected chi connectivity index (χ2v) is 5.01. The van der Waals surface area contributed by atoms with Crippen LogP contribution in [0.1, 0.15) is 25.3 Å². The van der Waals surface area contributed by atoms with E-state index >= 15 is 0 Å². The molecule has 1 fully saturated rings. The number of nitrogens with zero attached hydrogens (tertiary/aromatic N) is 1. The molecular weight excluding hydrogens is 243 g/mol. The quantitative estimate of drug-likeness (QED) is 0.886. The van der Waals surface area contributed by atoms with E-state index < -0.39 is 0 Å². The van der Waals surface area contributed by atoms with Crippen molar-refractivity contribution in [2.75, 3.05) is 31.6 Å². The third kappa shape index (κ3) is 3.91. The molecule has 19 heavy (non-hydrogen) atoms. The minimum absolute atomic E-state index is 0.165. The molecule has 4 heteroatoms. The summed E-state index contributed by atoms with van der Waals surface area (Å²) in [4.78, 5) is 2.23. The fourth-order valence-corrected chi connectivity index (χ4v) is 2.67. The van der Waals surface area contributed by atoms with Crippen LogP contribution in [0.3, 0.4) is 0 Å². The number of benzene rings is 1. The molecular formula is C15H23FN2O. The molecule has 0 bridgehead atoms. The standard InChI is InChI=1S/C15H23FN2O/c1-3-19-15-5-4-6-18(11-15)14-8-12(10-17-2)7-13(16)9-14/h7-9,15,17H,3-6,10-11H2,1-2H3. The maximum absolute atomic E-state index is 13.7. The first-order valence-electron chi connectivity index (χ1n) is 7.03. The van der Waals surface area contributed by atoms with Crippen molar-refractivity contribution in [2.24, 2.45) is 0 Å². The first-order chi connectivity index (χ1) is 9.22. The largest absolute Gasteiger partial charge is 0.377 e. The fourth-order valence-electron chi connectivity index (χ4n) is 2.67. The van der Waals surface area contributed by atoms with Gasteiger partial charge in [0.25, 0.3) is 0 Å². The lowest BCUT2D eigenvalue weighted by Crippen LogP contribution is -2.39. The zero-order valence-electron chi connectivity index (χ0n) is 11.8. The number of anilines is 1. The van der Waals surface area contributed by atoms with Gasteiger partial charge in [-0.05, 0) is 50.6 Å². The zero-order chi connectivity index (χ0) is 13.7. The first-order valence-corrected chi connectivity index (χ1v) is 7.03. The number of nitrogens with one attached hydrogen (secondary N) is 1. The Labute approximate surface area is 114 Å². The highest BCUT2D eigenvalue weighted by atomic mass is 19.1. The maximum atomic E-state index is 13.7. The van der Waals surface area contributed by atoms with Crippen LogP contribution in [0.25, 0.3) is 0 Å². The minimum Gasteiger partial charge on any atom is -0.377 e. The van der Waals surface area contributed by atoms with Crippen molar-refractivity contribution in [1.82, 2.24) is 5.32 Å². The van der Waals surface area contributed by atoms with Gasteiger partial charge in [0.1, 0.15) is 5.82 Å². The molecule has 1 aromatic rings. The van der Waals surface area contributed by atoms with Gasteiger partial charge in [0.2, 0.25) is 0 Å². The lowest BCUT2D eigenvalue weighted by Gasteiger charge is -2.34. The molecule has 1 aliphatic heterocycles. The Morgan fingerprint density at radius 2 is 2.26 bits per heavy atom. The molecule has 1 atom stereocenters. The number of ether oxygens (including phenoxy) is 1. The molecule has 1 aromatic carbocycles. The van der Waals surface area contributed by atoms with Gasteiger partial charge in [-0.3, -0.25) is 0 Å². The van der Waals surface area contributed by atoms with Crippen molar-refractivity contribution in [1.29, 1.82) is 0 Å². The predicted octanol–water partition coefficient (Wildman–Crippen LogP) is 2.55. The van der Waals surface area contributed by atoms with Gasteiger partial charge in [-0.1, -0.05) is 0 Å².